The number of rotatable bonds is 2. The van der Waals surface area contributed by atoms with Crippen molar-refractivity contribution in [3.8, 4) is 0 Å². The number of nitrogens with zero attached hydrogens (tertiary/aromatic N) is 1. The maximum absolute atomic E-state index is 5.97. The lowest BCUT2D eigenvalue weighted by Crippen LogP contribution is -2.22. The minimum Gasteiger partial charge on any atom is -0.380 e. The molecule has 2 N–H and O–H groups in total. The summed E-state index contributed by atoms with van der Waals surface area (Å²) in [6.07, 6.45) is 2.99. The number of benzene rings is 1. The summed E-state index contributed by atoms with van der Waals surface area (Å²) in [5, 5.41) is 8.76. The second kappa shape index (κ2) is 4.51. The molecule has 17 heavy (non-hydrogen) atoms. The lowest BCUT2D eigenvalue weighted by atomic mass is 10.1. The Morgan fingerprint density at radius 1 is 1.35 bits per heavy atom. The summed E-state index contributed by atoms with van der Waals surface area (Å²) in [5.41, 5.74) is 2.08. The van der Waals surface area contributed by atoms with Gasteiger partial charge in [0.25, 0.3) is 0 Å². The molecule has 2 heterocycles. The maximum atomic E-state index is 5.97. The number of hydrogen-bond donors (Lipinski definition) is 2. The van der Waals surface area contributed by atoms with Gasteiger partial charge in [-0.25, -0.2) is 0 Å². The van der Waals surface area contributed by atoms with E-state index in [-0.39, 0.29) is 0 Å². The zero-order valence-electron chi connectivity index (χ0n) is 9.41. The first kappa shape index (κ1) is 10.8. The zero-order chi connectivity index (χ0) is 11.7. The molecule has 0 bridgehead atoms. The molecule has 1 unspecified atom stereocenters. The monoisotopic (exact) mass is 247 g/mol. The zero-order valence-corrected chi connectivity index (χ0v) is 10.2. The van der Waals surface area contributed by atoms with Crippen LogP contribution in [-0.2, 0) is 0 Å². The second-order valence-electron chi connectivity index (χ2n) is 4.35. The number of halogens is 1. The van der Waals surface area contributed by atoms with Crippen molar-refractivity contribution in [2.45, 2.75) is 12.5 Å². The molecule has 0 saturated carbocycles. The molecule has 1 aliphatic heterocycles. The fraction of sp³-hybridized carbons (Fsp3) is 0.308. The molecule has 0 aliphatic carbocycles. The quantitative estimate of drug-likeness (QED) is 0.857. The predicted molar refractivity (Wildman–Crippen MR) is 71.7 cm³/mol. The average Bonchev–Trinajstić information content (AvgIpc) is 2.82. The van der Waals surface area contributed by atoms with Gasteiger partial charge in [-0.05, 0) is 37.2 Å². The molecule has 3 nitrogen and oxygen atoms in total. The SMILES string of the molecule is Clc1ccc2c(NC3CCNC3)ccnc2c1. The Labute approximate surface area is 105 Å². The van der Waals surface area contributed by atoms with Crippen LogP contribution in [-0.4, -0.2) is 24.1 Å². The Kier molecular flexibility index (Phi) is 2.87. The largest absolute Gasteiger partial charge is 0.380 e. The van der Waals surface area contributed by atoms with E-state index in [4.69, 9.17) is 11.6 Å². The fourth-order valence-electron chi connectivity index (χ4n) is 2.24. The van der Waals surface area contributed by atoms with Crippen molar-refractivity contribution >= 4 is 28.2 Å². The Hall–Kier alpha value is -1.32. The van der Waals surface area contributed by atoms with E-state index in [0.29, 0.717) is 6.04 Å². The molecular weight excluding hydrogens is 234 g/mol. The standard InChI is InChI=1S/C13H14ClN3/c14-9-1-2-11-12(4-6-16-13(11)7-9)17-10-3-5-15-8-10/h1-2,4,6-7,10,15H,3,5,8H2,(H,16,17). The normalized spacial score (nSPS) is 19.7. The van der Waals surface area contributed by atoms with Gasteiger partial charge in [0.15, 0.2) is 0 Å². The summed E-state index contributed by atoms with van der Waals surface area (Å²) in [6.45, 7) is 2.11. The molecule has 0 amide bonds. The van der Waals surface area contributed by atoms with Gasteiger partial charge in [0.1, 0.15) is 0 Å². The first-order valence-electron chi connectivity index (χ1n) is 5.84. The predicted octanol–water partition coefficient (Wildman–Crippen LogP) is 2.66. The van der Waals surface area contributed by atoms with Crippen LogP contribution in [0.5, 0.6) is 0 Å². The van der Waals surface area contributed by atoms with E-state index in [9.17, 15) is 0 Å². The van der Waals surface area contributed by atoms with E-state index in [1.54, 1.807) is 0 Å². The highest BCUT2D eigenvalue weighted by Gasteiger charge is 2.14. The van der Waals surface area contributed by atoms with Crippen molar-refractivity contribution in [2.24, 2.45) is 0 Å². The van der Waals surface area contributed by atoms with Crippen LogP contribution in [0.3, 0.4) is 0 Å². The van der Waals surface area contributed by atoms with Crippen LogP contribution in [0.4, 0.5) is 5.69 Å². The van der Waals surface area contributed by atoms with Crippen LogP contribution in [0.1, 0.15) is 6.42 Å². The third-order valence-electron chi connectivity index (χ3n) is 3.12. The van der Waals surface area contributed by atoms with Gasteiger partial charge in [-0.2, -0.15) is 0 Å². The number of aromatic nitrogens is 1. The van der Waals surface area contributed by atoms with Gasteiger partial charge in [0.2, 0.25) is 0 Å². The number of anilines is 1. The first-order valence-corrected chi connectivity index (χ1v) is 6.22. The Balaban J connectivity index is 1.97. The molecule has 1 aliphatic rings. The molecular formula is C13H14ClN3. The Morgan fingerprint density at radius 2 is 2.29 bits per heavy atom. The van der Waals surface area contributed by atoms with E-state index >= 15 is 0 Å². The summed E-state index contributed by atoms with van der Waals surface area (Å²) in [7, 11) is 0. The van der Waals surface area contributed by atoms with Crippen LogP contribution < -0.4 is 10.6 Å². The van der Waals surface area contributed by atoms with Crippen LogP contribution in [0.25, 0.3) is 10.9 Å². The van der Waals surface area contributed by atoms with Crippen molar-refractivity contribution in [1.29, 1.82) is 0 Å². The molecule has 3 rings (SSSR count). The Bertz CT molecular complexity index is 535. The Morgan fingerprint density at radius 3 is 3.12 bits per heavy atom. The lowest BCUT2D eigenvalue weighted by Gasteiger charge is -2.14. The van der Waals surface area contributed by atoms with Gasteiger partial charge < -0.3 is 10.6 Å². The maximum Gasteiger partial charge on any atom is 0.0737 e. The van der Waals surface area contributed by atoms with Gasteiger partial charge in [-0.1, -0.05) is 11.6 Å². The first-order chi connectivity index (χ1) is 8.33. The van der Waals surface area contributed by atoms with Crippen molar-refractivity contribution in [2.75, 3.05) is 18.4 Å². The molecule has 88 valence electrons. The van der Waals surface area contributed by atoms with Gasteiger partial charge in [-0.15, -0.1) is 0 Å². The van der Waals surface area contributed by atoms with Crippen LogP contribution in [0.15, 0.2) is 30.5 Å². The fourth-order valence-corrected chi connectivity index (χ4v) is 2.41. The number of hydrogen-bond acceptors (Lipinski definition) is 3. The third-order valence-corrected chi connectivity index (χ3v) is 3.36. The van der Waals surface area contributed by atoms with E-state index in [0.717, 1.165) is 41.1 Å². The average molecular weight is 248 g/mol. The number of fused-ring (bicyclic) bond motifs is 1. The van der Waals surface area contributed by atoms with Gasteiger partial charge in [-0.3, -0.25) is 4.98 Å². The van der Waals surface area contributed by atoms with E-state index in [1.165, 1.54) is 0 Å². The highest BCUT2D eigenvalue weighted by molar-refractivity contribution is 6.31. The summed E-state index contributed by atoms with van der Waals surface area (Å²) < 4.78 is 0. The van der Waals surface area contributed by atoms with Gasteiger partial charge in [0.05, 0.1) is 5.52 Å². The van der Waals surface area contributed by atoms with E-state index in [2.05, 4.69) is 15.6 Å². The van der Waals surface area contributed by atoms with Crippen LogP contribution in [0, 0.1) is 0 Å². The second-order valence-corrected chi connectivity index (χ2v) is 4.79. The van der Waals surface area contributed by atoms with Crippen molar-refractivity contribution in [3.05, 3.63) is 35.5 Å². The third kappa shape index (κ3) is 2.21. The smallest absolute Gasteiger partial charge is 0.0737 e. The summed E-state index contributed by atoms with van der Waals surface area (Å²) in [5.74, 6) is 0. The minimum atomic E-state index is 0.510. The molecule has 1 fully saturated rings. The summed E-state index contributed by atoms with van der Waals surface area (Å²) >= 11 is 5.97. The summed E-state index contributed by atoms with van der Waals surface area (Å²) in [6, 6.07) is 8.36. The van der Waals surface area contributed by atoms with Crippen LogP contribution >= 0.6 is 11.6 Å². The van der Waals surface area contributed by atoms with Crippen LogP contribution in [0.2, 0.25) is 5.02 Å². The van der Waals surface area contributed by atoms with Crippen molar-refractivity contribution in [1.82, 2.24) is 10.3 Å². The molecule has 0 spiro atoms. The molecule has 4 heteroatoms. The van der Waals surface area contributed by atoms with Crippen molar-refractivity contribution in [3.63, 3.8) is 0 Å². The van der Waals surface area contributed by atoms with E-state index in [1.807, 2.05) is 30.5 Å². The molecule has 1 saturated heterocycles. The molecule has 1 aromatic carbocycles. The topological polar surface area (TPSA) is 37.0 Å². The molecule has 0 radical (unpaired) electrons. The number of pyridine rings is 1. The van der Waals surface area contributed by atoms with Gasteiger partial charge >= 0.3 is 0 Å². The highest BCUT2D eigenvalue weighted by atomic mass is 35.5. The molecule has 2 aromatic rings. The van der Waals surface area contributed by atoms with E-state index < -0.39 is 0 Å². The van der Waals surface area contributed by atoms with Gasteiger partial charge in [0, 0.05) is 34.9 Å². The molecule has 1 atom stereocenters. The highest BCUT2D eigenvalue weighted by Crippen LogP contribution is 2.25. The van der Waals surface area contributed by atoms with Crippen molar-refractivity contribution < 1.29 is 0 Å². The molecule has 1 aromatic heterocycles. The summed E-state index contributed by atoms with van der Waals surface area (Å²) in [4.78, 5) is 4.34. The minimum absolute atomic E-state index is 0.510. The lowest BCUT2D eigenvalue weighted by molar-refractivity contribution is 0.794. The number of nitrogens with one attached hydrogen (secondary N) is 2.